The van der Waals surface area contributed by atoms with Gasteiger partial charge in [0.2, 0.25) is 0 Å². The number of pyridine rings is 1. The Morgan fingerprint density at radius 2 is 1.95 bits per heavy atom. The van der Waals surface area contributed by atoms with E-state index in [1.54, 1.807) is 24.8 Å². The van der Waals surface area contributed by atoms with Gasteiger partial charge in [-0.2, -0.15) is 0 Å². The van der Waals surface area contributed by atoms with Gasteiger partial charge in [0, 0.05) is 56.0 Å². The van der Waals surface area contributed by atoms with Crippen LogP contribution in [0, 0.1) is 0 Å². The van der Waals surface area contributed by atoms with Gasteiger partial charge in [0.25, 0.3) is 5.91 Å². The van der Waals surface area contributed by atoms with Crippen molar-refractivity contribution in [2.45, 2.75) is 13.0 Å². The second-order valence-corrected chi connectivity index (χ2v) is 5.14. The predicted molar refractivity (Wildman–Crippen MR) is 85.9 cm³/mol. The number of hydrogen-bond donors (Lipinski definition) is 1. The van der Waals surface area contributed by atoms with Crippen molar-refractivity contribution in [2.24, 2.45) is 0 Å². The van der Waals surface area contributed by atoms with E-state index in [0.717, 1.165) is 18.7 Å². The first-order chi connectivity index (χ1) is 10.2. The van der Waals surface area contributed by atoms with Crippen molar-refractivity contribution in [3.8, 4) is 11.4 Å². The highest BCUT2D eigenvalue weighted by Crippen LogP contribution is 2.13. The van der Waals surface area contributed by atoms with E-state index >= 15 is 0 Å². The summed E-state index contributed by atoms with van der Waals surface area (Å²) >= 11 is 0. The third kappa shape index (κ3) is 3.58. The Bertz CT molecular complexity index is 620. The molecule has 22 heavy (non-hydrogen) atoms. The van der Waals surface area contributed by atoms with Crippen LogP contribution in [0.25, 0.3) is 11.4 Å². The third-order valence-electron chi connectivity index (χ3n) is 3.49. The molecule has 6 nitrogen and oxygen atoms in total. The van der Waals surface area contributed by atoms with Crippen LogP contribution in [0.15, 0.2) is 36.9 Å². The summed E-state index contributed by atoms with van der Waals surface area (Å²) in [6, 6.07) is 4.00. The average Bonchev–Trinajstić information content (AvgIpc) is 2.55. The Hall–Kier alpha value is -2.05. The second kappa shape index (κ2) is 7.29. The number of halogens is 1. The van der Waals surface area contributed by atoms with Gasteiger partial charge < -0.3 is 10.2 Å². The molecule has 1 N–H and O–H groups in total. The number of nitrogens with one attached hydrogen (secondary N) is 1. The number of hydrogen-bond acceptors (Lipinski definition) is 5. The summed E-state index contributed by atoms with van der Waals surface area (Å²) in [7, 11) is 0. The van der Waals surface area contributed by atoms with Gasteiger partial charge >= 0.3 is 0 Å². The summed E-state index contributed by atoms with van der Waals surface area (Å²) in [4.78, 5) is 26.8. The lowest BCUT2D eigenvalue weighted by Gasteiger charge is -2.31. The van der Waals surface area contributed by atoms with Gasteiger partial charge in [0.05, 0.1) is 5.56 Å². The zero-order valence-corrected chi connectivity index (χ0v) is 13.1. The van der Waals surface area contributed by atoms with Crippen LogP contribution < -0.4 is 5.32 Å². The Morgan fingerprint density at radius 1 is 1.27 bits per heavy atom. The normalized spacial score (nSPS) is 17.7. The number of aromatic nitrogens is 3. The second-order valence-electron chi connectivity index (χ2n) is 5.14. The Balaban J connectivity index is 0.00000176. The summed E-state index contributed by atoms with van der Waals surface area (Å²) in [6.07, 6.45) is 6.58. The molecular weight excluding hydrogens is 302 g/mol. The van der Waals surface area contributed by atoms with Gasteiger partial charge in [-0.15, -0.1) is 12.4 Å². The Morgan fingerprint density at radius 3 is 2.59 bits per heavy atom. The van der Waals surface area contributed by atoms with Crippen LogP contribution >= 0.6 is 12.4 Å². The van der Waals surface area contributed by atoms with E-state index in [1.165, 1.54) is 0 Å². The van der Waals surface area contributed by atoms with Crippen molar-refractivity contribution in [3.05, 3.63) is 42.5 Å². The van der Waals surface area contributed by atoms with Crippen molar-refractivity contribution in [2.75, 3.05) is 19.6 Å². The number of nitrogens with zero attached hydrogens (tertiary/aromatic N) is 4. The fourth-order valence-corrected chi connectivity index (χ4v) is 2.39. The molecule has 1 fully saturated rings. The molecule has 0 aliphatic carbocycles. The molecule has 1 aliphatic rings. The van der Waals surface area contributed by atoms with E-state index in [1.807, 2.05) is 17.0 Å². The SMILES string of the molecule is CC1CN(C(=O)c2cnc(-c3ccncc3)nc2)CCN1.Cl. The van der Waals surface area contributed by atoms with Crippen LogP contribution in [0.4, 0.5) is 0 Å². The fourth-order valence-electron chi connectivity index (χ4n) is 2.39. The summed E-state index contributed by atoms with van der Waals surface area (Å²) in [5.41, 5.74) is 1.42. The molecule has 1 atom stereocenters. The van der Waals surface area contributed by atoms with Gasteiger partial charge in [-0.3, -0.25) is 9.78 Å². The van der Waals surface area contributed by atoms with E-state index in [9.17, 15) is 4.79 Å². The minimum Gasteiger partial charge on any atom is -0.336 e. The highest BCUT2D eigenvalue weighted by Gasteiger charge is 2.22. The zero-order valence-electron chi connectivity index (χ0n) is 12.3. The van der Waals surface area contributed by atoms with Gasteiger partial charge in [-0.05, 0) is 19.1 Å². The minimum atomic E-state index is -0.00960. The van der Waals surface area contributed by atoms with Crippen molar-refractivity contribution in [3.63, 3.8) is 0 Å². The quantitative estimate of drug-likeness (QED) is 0.906. The Labute approximate surface area is 135 Å². The van der Waals surface area contributed by atoms with Crippen molar-refractivity contribution in [1.82, 2.24) is 25.2 Å². The van der Waals surface area contributed by atoms with Gasteiger partial charge in [-0.25, -0.2) is 9.97 Å². The molecule has 0 bridgehead atoms. The molecule has 0 saturated carbocycles. The largest absolute Gasteiger partial charge is 0.336 e. The summed E-state index contributed by atoms with van der Waals surface area (Å²) in [5.74, 6) is 0.590. The smallest absolute Gasteiger partial charge is 0.257 e. The molecule has 2 aromatic heterocycles. The summed E-state index contributed by atoms with van der Waals surface area (Å²) in [5, 5.41) is 3.32. The molecule has 2 aromatic rings. The number of amides is 1. The van der Waals surface area contributed by atoms with Crippen LogP contribution in [-0.4, -0.2) is 51.4 Å². The molecule has 1 aliphatic heterocycles. The van der Waals surface area contributed by atoms with Crippen molar-refractivity contribution in [1.29, 1.82) is 0 Å². The first kappa shape index (κ1) is 16.3. The molecular formula is C15H18ClN5O. The van der Waals surface area contributed by atoms with Crippen LogP contribution in [0.1, 0.15) is 17.3 Å². The van der Waals surface area contributed by atoms with Crippen molar-refractivity contribution < 1.29 is 4.79 Å². The first-order valence-corrected chi connectivity index (χ1v) is 6.99. The van der Waals surface area contributed by atoms with E-state index < -0.39 is 0 Å². The van der Waals surface area contributed by atoms with E-state index in [-0.39, 0.29) is 18.3 Å². The predicted octanol–water partition coefficient (Wildman–Crippen LogP) is 1.39. The van der Waals surface area contributed by atoms with Crippen LogP contribution in [0.2, 0.25) is 0 Å². The maximum Gasteiger partial charge on any atom is 0.257 e. The highest BCUT2D eigenvalue weighted by atomic mass is 35.5. The van der Waals surface area contributed by atoms with E-state index in [2.05, 4.69) is 27.2 Å². The van der Waals surface area contributed by atoms with Gasteiger partial charge in [-0.1, -0.05) is 0 Å². The third-order valence-corrected chi connectivity index (χ3v) is 3.49. The van der Waals surface area contributed by atoms with Gasteiger partial charge in [0.15, 0.2) is 5.82 Å². The molecule has 0 spiro atoms. The molecule has 0 radical (unpaired) electrons. The van der Waals surface area contributed by atoms with E-state index in [0.29, 0.717) is 24.0 Å². The average molecular weight is 320 g/mol. The zero-order chi connectivity index (χ0) is 14.7. The van der Waals surface area contributed by atoms with Crippen LogP contribution in [0.3, 0.4) is 0 Å². The topological polar surface area (TPSA) is 71.0 Å². The highest BCUT2D eigenvalue weighted by molar-refractivity contribution is 5.93. The Kier molecular flexibility index (Phi) is 5.41. The minimum absolute atomic E-state index is 0. The lowest BCUT2D eigenvalue weighted by molar-refractivity contribution is 0.0708. The number of carbonyl (C=O) groups excluding carboxylic acids is 1. The monoisotopic (exact) mass is 319 g/mol. The summed E-state index contributed by atoms with van der Waals surface area (Å²) < 4.78 is 0. The maximum atomic E-state index is 12.4. The first-order valence-electron chi connectivity index (χ1n) is 6.99. The molecule has 1 saturated heterocycles. The van der Waals surface area contributed by atoms with Crippen LogP contribution in [-0.2, 0) is 0 Å². The van der Waals surface area contributed by atoms with E-state index in [4.69, 9.17) is 0 Å². The maximum absolute atomic E-state index is 12.4. The summed E-state index contributed by atoms with van der Waals surface area (Å²) in [6.45, 7) is 4.32. The lowest BCUT2D eigenvalue weighted by Crippen LogP contribution is -2.51. The fraction of sp³-hybridized carbons (Fsp3) is 0.333. The molecule has 1 amide bonds. The molecule has 3 rings (SSSR count). The number of rotatable bonds is 2. The molecule has 0 aromatic carbocycles. The van der Waals surface area contributed by atoms with Gasteiger partial charge in [0.1, 0.15) is 0 Å². The molecule has 1 unspecified atom stereocenters. The molecule has 116 valence electrons. The molecule has 7 heteroatoms. The standard InChI is InChI=1S/C15H17N5O.ClH/c1-11-10-20(7-6-17-11)15(21)13-8-18-14(19-9-13)12-2-4-16-5-3-12;/h2-5,8-9,11,17H,6-7,10H2,1H3;1H. The number of carbonyl (C=O) groups is 1. The molecule has 3 heterocycles. The number of piperazine rings is 1. The van der Waals surface area contributed by atoms with Crippen molar-refractivity contribution >= 4 is 18.3 Å². The van der Waals surface area contributed by atoms with Crippen LogP contribution in [0.5, 0.6) is 0 Å². The lowest BCUT2D eigenvalue weighted by atomic mass is 10.2.